The Kier molecular flexibility index (Phi) is 3.04. The number of aliphatic hydroxyl groups is 1. The van der Waals surface area contributed by atoms with E-state index >= 15 is 0 Å². The fraction of sp³-hybridized carbons (Fsp3) is 1.00. The Balaban J connectivity index is 1.97. The number of hydrogen-bond acceptors (Lipinski definition) is 1. The van der Waals surface area contributed by atoms with Crippen molar-refractivity contribution >= 4 is 7.28 Å². The second-order valence-corrected chi connectivity index (χ2v) is 0.591. The van der Waals surface area contributed by atoms with E-state index < -0.39 is 0 Å². The molecule has 0 spiro atoms. The molecule has 0 amide bonds. The molecule has 0 saturated heterocycles. The topological polar surface area (TPSA) is 20.2 Å². The lowest BCUT2D eigenvalue weighted by Gasteiger charge is -1.65. The summed E-state index contributed by atoms with van der Waals surface area (Å²) < 4.78 is 0. The molecule has 0 aromatic heterocycles. The maximum atomic E-state index is 7.82. The first-order valence-corrected chi connectivity index (χ1v) is 1.30. The lowest BCUT2D eigenvalue weighted by molar-refractivity contribution is 0.366. The minimum absolute atomic E-state index is 0.194. The van der Waals surface area contributed by atoms with Crippen LogP contribution in [0.3, 0.4) is 0 Å². The van der Waals surface area contributed by atoms with Gasteiger partial charge in [-0.1, -0.05) is 6.82 Å². The Labute approximate surface area is 26.9 Å². The summed E-state index contributed by atoms with van der Waals surface area (Å²) in [4.78, 5) is 0. The molecule has 0 aromatic carbocycles. The zero-order valence-electron chi connectivity index (χ0n) is 2.73. The monoisotopic (exact) mass is 57.1 g/mol. The fourth-order valence-corrected chi connectivity index (χ4v) is 0. The third-order valence-electron chi connectivity index (χ3n) is 0.183. The second kappa shape index (κ2) is 3.02. The van der Waals surface area contributed by atoms with Gasteiger partial charge in [-0.05, 0) is 0 Å². The van der Waals surface area contributed by atoms with E-state index in [1.807, 2.05) is 0 Å². The van der Waals surface area contributed by atoms with Gasteiger partial charge in [0.1, 0.15) is 7.28 Å². The molecule has 0 aromatic rings. The Morgan fingerprint density at radius 1 is 2.00 bits per heavy atom. The summed E-state index contributed by atoms with van der Waals surface area (Å²) >= 11 is 0. The highest BCUT2D eigenvalue weighted by atomic mass is 16.2. The van der Waals surface area contributed by atoms with E-state index in [9.17, 15) is 0 Å². The van der Waals surface area contributed by atoms with Crippen molar-refractivity contribution in [1.82, 2.24) is 0 Å². The van der Waals surface area contributed by atoms with E-state index in [1.54, 1.807) is 14.1 Å². The van der Waals surface area contributed by atoms with Gasteiger partial charge in [0.05, 0.1) is 0 Å². The largest absolute Gasteiger partial charge is 0.405 e. The highest BCUT2D eigenvalue weighted by Gasteiger charge is 1.62. The molecule has 0 bridgehead atoms. The molecule has 0 unspecified atom stereocenters. The van der Waals surface area contributed by atoms with Gasteiger partial charge < -0.3 is 5.11 Å². The van der Waals surface area contributed by atoms with Crippen molar-refractivity contribution < 1.29 is 5.11 Å². The van der Waals surface area contributed by atoms with Crippen LogP contribution in [0.5, 0.6) is 0 Å². The van der Waals surface area contributed by atoms with E-state index in [1.165, 1.54) is 0 Å². The van der Waals surface area contributed by atoms with Crippen LogP contribution in [0.2, 0.25) is 6.82 Å². The summed E-state index contributed by atoms with van der Waals surface area (Å²) in [5, 5.41) is 7.82. The van der Waals surface area contributed by atoms with E-state index in [4.69, 9.17) is 5.11 Å². The maximum Gasteiger partial charge on any atom is 0.141 e. The lowest BCUT2D eigenvalue weighted by atomic mass is 9.85. The smallest absolute Gasteiger partial charge is 0.141 e. The van der Waals surface area contributed by atoms with Gasteiger partial charge in [0.15, 0.2) is 0 Å². The van der Waals surface area contributed by atoms with Gasteiger partial charge in [-0.25, -0.2) is 0 Å². The molecule has 1 radical (unpaired) electrons. The molecule has 23 valence electrons. The van der Waals surface area contributed by atoms with E-state index in [0.29, 0.717) is 0 Å². The van der Waals surface area contributed by atoms with Crippen molar-refractivity contribution in [3.05, 3.63) is 0 Å². The van der Waals surface area contributed by atoms with Gasteiger partial charge in [-0.15, -0.1) is 0 Å². The van der Waals surface area contributed by atoms with E-state index in [2.05, 4.69) is 0 Å². The zero-order chi connectivity index (χ0) is 3.41. The van der Waals surface area contributed by atoms with Crippen LogP contribution in [0.15, 0.2) is 0 Å². The molecule has 1 N–H and O–H groups in total. The number of rotatable bonds is 1. The normalized spacial score (nSPS) is 6.50. The van der Waals surface area contributed by atoms with Crippen LogP contribution < -0.4 is 0 Å². The van der Waals surface area contributed by atoms with Crippen LogP contribution in [0.25, 0.3) is 0 Å². The fourth-order valence-electron chi connectivity index (χ4n) is 0. The average Bonchev–Trinajstić information content (AvgIpc) is 1.37. The molecular weight excluding hydrogens is 50.8 g/mol. The predicted octanol–water partition coefficient (Wildman–Crippen LogP) is -0.312. The van der Waals surface area contributed by atoms with Crippen molar-refractivity contribution in [2.24, 2.45) is 0 Å². The first-order valence-electron chi connectivity index (χ1n) is 1.30. The van der Waals surface area contributed by atoms with Crippen LogP contribution in [-0.2, 0) is 0 Å². The van der Waals surface area contributed by atoms with Crippen LogP contribution in [0, 0.1) is 0 Å². The van der Waals surface area contributed by atoms with Gasteiger partial charge in [0.25, 0.3) is 0 Å². The highest BCUT2D eigenvalue weighted by Crippen LogP contribution is 1.42. The zero-order valence-corrected chi connectivity index (χ0v) is 2.73. The van der Waals surface area contributed by atoms with Crippen molar-refractivity contribution in [3.8, 4) is 0 Å². The predicted molar refractivity (Wildman–Crippen MR) is 18.7 cm³/mol. The van der Waals surface area contributed by atoms with Crippen molar-refractivity contribution in [2.45, 2.75) is 6.82 Å². The standard InChI is InChI=1S/C2H6BO/c1-3-2-4/h4H,2H2,1H3. The molecular formula is C2H6BO. The molecule has 4 heavy (non-hydrogen) atoms. The average molecular weight is 56.9 g/mol. The summed E-state index contributed by atoms with van der Waals surface area (Å²) in [6.07, 6.45) is 0. The minimum atomic E-state index is 0.194. The molecule has 0 rings (SSSR count). The second-order valence-electron chi connectivity index (χ2n) is 0.591. The third-order valence-corrected chi connectivity index (χ3v) is 0.183. The first-order chi connectivity index (χ1) is 1.91. The first kappa shape index (κ1) is 4.02. The van der Waals surface area contributed by atoms with Crippen LogP contribution in [-0.4, -0.2) is 18.9 Å². The summed E-state index contributed by atoms with van der Waals surface area (Å²) in [5.74, 6) is 0. The molecule has 0 fully saturated rings. The van der Waals surface area contributed by atoms with Gasteiger partial charge in [-0.2, -0.15) is 0 Å². The Hall–Kier alpha value is 0.0249. The third kappa shape index (κ3) is 2.02. The van der Waals surface area contributed by atoms with Gasteiger partial charge in [0.2, 0.25) is 0 Å². The van der Waals surface area contributed by atoms with Gasteiger partial charge >= 0.3 is 0 Å². The number of aliphatic hydroxyl groups excluding tert-OH is 1. The Morgan fingerprint density at radius 3 is 2.25 bits per heavy atom. The Bertz CT molecular complexity index is 8.00. The van der Waals surface area contributed by atoms with Crippen molar-refractivity contribution in [1.29, 1.82) is 0 Å². The molecule has 0 aliphatic carbocycles. The molecule has 0 atom stereocenters. The quantitative estimate of drug-likeness (QED) is 0.409. The number of hydrogen-bond donors (Lipinski definition) is 1. The summed E-state index contributed by atoms with van der Waals surface area (Å²) in [5.41, 5.74) is 0. The van der Waals surface area contributed by atoms with Crippen LogP contribution in [0.4, 0.5) is 0 Å². The van der Waals surface area contributed by atoms with Gasteiger partial charge in [-0.3, -0.25) is 0 Å². The molecule has 0 heterocycles. The van der Waals surface area contributed by atoms with E-state index in [0.717, 1.165) is 0 Å². The van der Waals surface area contributed by atoms with Gasteiger partial charge in [0, 0.05) is 6.51 Å². The minimum Gasteiger partial charge on any atom is -0.405 e. The van der Waals surface area contributed by atoms with Crippen molar-refractivity contribution in [3.63, 3.8) is 0 Å². The highest BCUT2D eigenvalue weighted by molar-refractivity contribution is 6.32. The van der Waals surface area contributed by atoms with Crippen LogP contribution in [0.1, 0.15) is 0 Å². The van der Waals surface area contributed by atoms with Crippen LogP contribution >= 0.6 is 0 Å². The van der Waals surface area contributed by atoms with Crippen molar-refractivity contribution in [2.75, 3.05) is 6.51 Å². The summed E-state index contributed by atoms with van der Waals surface area (Å²) in [6.45, 7) is 2.00. The maximum absolute atomic E-state index is 7.82. The van der Waals surface area contributed by atoms with E-state index in [-0.39, 0.29) is 6.51 Å². The molecule has 2 heteroatoms. The summed E-state index contributed by atoms with van der Waals surface area (Å²) in [6, 6.07) is 0. The molecule has 0 saturated carbocycles. The molecule has 0 aliphatic rings. The lowest BCUT2D eigenvalue weighted by Crippen LogP contribution is -1.85. The molecule has 1 nitrogen and oxygen atoms in total. The Morgan fingerprint density at radius 2 is 2.25 bits per heavy atom. The summed E-state index contributed by atoms with van der Waals surface area (Å²) in [7, 11) is 1.68. The molecule has 0 aliphatic heterocycles. The SMILES string of the molecule is C[B]CO.